The number of H-pyrrole nitrogens is 1. The van der Waals surface area contributed by atoms with Gasteiger partial charge in [-0.15, -0.1) is 5.10 Å². The van der Waals surface area contributed by atoms with E-state index in [0.29, 0.717) is 29.8 Å². The number of benzene rings is 2. The highest BCUT2D eigenvalue weighted by Gasteiger charge is 2.21. The number of rotatable bonds is 8. The van der Waals surface area contributed by atoms with Gasteiger partial charge in [0.2, 0.25) is 22.9 Å². The highest BCUT2D eigenvalue weighted by molar-refractivity contribution is 7.99. The monoisotopic (exact) mass is 435 g/mol. The molecule has 3 N–H and O–H groups in total. The third-order valence-electron chi connectivity index (χ3n) is 4.50. The minimum absolute atomic E-state index is 0.112. The van der Waals surface area contributed by atoms with Gasteiger partial charge in [0.1, 0.15) is 0 Å². The first-order chi connectivity index (χ1) is 15.2. The van der Waals surface area contributed by atoms with Crippen molar-refractivity contribution in [3.05, 3.63) is 60.2 Å². The summed E-state index contributed by atoms with van der Waals surface area (Å²) in [5.74, 6) is 0.466. The van der Waals surface area contributed by atoms with Gasteiger partial charge < -0.3 is 10.2 Å². The summed E-state index contributed by atoms with van der Waals surface area (Å²) in [5.41, 5.74) is 5.18. The lowest BCUT2D eigenvalue weighted by Crippen LogP contribution is -2.23. The Balaban J connectivity index is 1.26. The number of aromatic nitrogens is 3. The number of nitrogens with zero attached hydrogens (tertiary/aromatic N) is 4. The van der Waals surface area contributed by atoms with Crippen LogP contribution in [-0.2, 0) is 9.59 Å². The molecule has 0 atom stereocenters. The molecule has 0 spiro atoms. The molecule has 0 bridgehead atoms. The number of nitrogens with one attached hydrogen (secondary N) is 3. The second-order valence-corrected chi connectivity index (χ2v) is 7.73. The standard InChI is InChI=1S/C21H21N7O2S/c29-18(23-16-8-4-9-17(12-16)28-11-5-10-19(28)30)14-31-21-24-20(26-27-21)25-22-13-15-6-2-1-3-7-15/h1-4,6-9,12-13H,5,10-11,14H2,(H,23,29)(H2,24,25,26,27)/b22-13+. The van der Waals surface area contributed by atoms with Crippen molar-refractivity contribution in [2.75, 3.05) is 27.9 Å². The van der Waals surface area contributed by atoms with Crippen LogP contribution in [0.2, 0.25) is 0 Å². The zero-order chi connectivity index (χ0) is 21.5. The van der Waals surface area contributed by atoms with Gasteiger partial charge in [0.05, 0.1) is 12.0 Å². The molecule has 0 unspecified atom stereocenters. The fourth-order valence-corrected chi connectivity index (χ4v) is 3.67. The molecule has 9 nitrogen and oxygen atoms in total. The number of anilines is 3. The number of thioether (sulfide) groups is 1. The molecule has 1 saturated heterocycles. The van der Waals surface area contributed by atoms with E-state index in [1.54, 1.807) is 17.2 Å². The average molecular weight is 436 g/mol. The fourth-order valence-electron chi connectivity index (χ4n) is 3.07. The van der Waals surface area contributed by atoms with Crippen molar-refractivity contribution in [3.8, 4) is 0 Å². The van der Waals surface area contributed by atoms with E-state index < -0.39 is 0 Å². The molecule has 158 valence electrons. The van der Waals surface area contributed by atoms with E-state index in [2.05, 4.69) is 31.0 Å². The van der Waals surface area contributed by atoms with E-state index in [9.17, 15) is 9.59 Å². The summed E-state index contributed by atoms with van der Waals surface area (Å²) in [6.45, 7) is 0.711. The van der Waals surface area contributed by atoms with Crippen molar-refractivity contribution in [2.45, 2.75) is 18.0 Å². The van der Waals surface area contributed by atoms with Crippen molar-refractivity contribution >= 4 is 47.1 Å². The fraction of sp³-hybridized carbons (Fsp3) is 0.190. The molecule has 0 radical (unpaired) electrons. The van der Waals surface area contributed by atoms with Crippen LogP contribution >= 0.6 is 11.8 Å². The van der Waals surface area contributed by atoms with Crippen LogP contribution in [0.1, 0.15) is 18.4 Å². The van der Waals surface area contributed by atoms with Gasteiger partial charge in [0.15, 0.2) is 0 Å². The van der Waals surface area contributed by atoms with Crippen molar-refractivity contribution in [1.82, 2.24) is 15.2 Å². The lowest BCUT2D eigenvalue weighted by atomic mass is 10.2. The maximum atomic E-state index is 12.3. The summed E-state index contributed by atoms with van der Waals surface area (Å²) < 4.78 is 0. The van der Waals surface area contributed by atoms with Gasteiger partial charge in [0.25, 0.3) is 0 Å². The quantitative estimate of drug-likeness (QED) is 0.284. The number of carbonyl (C=O) groups is 2. The first-order valence-electron chi connectivity index (χ1n) is 9.77. The van der Waals surface area contributed by atoms with Gasteiger partial charge >= 0.3 is 0 Å². The number of carbonyl (C=O) groups excluding carboxylic acids is 2. The largest absolute Gasteiger partial charge is 0.325 e. The first-order valence-corrected chi connectivity index (χ1v) is 10.8. The zero-order valence-corrected chi connectivity index (χ0v) is 17.4. The summed E-state index contributed by atoms with van der Waals surface area (Å²) in [5, 5.41) is 14.2. The number of hydrogen-bond donors (Lipinski definition) is 3. The van der Waals surface area contributed by atoms with Gasteiger partial charge in [-0.05, 0) is 30.2 Å². The number of hydrogen-bond acceptors (Lipinski definition) is 7. The SMILES string of the molecule is O=C(CSc1n[nH]c(N/N=C/c2ccccc2)n1)Nc1cccc(N2CCCC2=O)c1. The zero-order valence-electron chi connectivity index (χ0n) is 16.6. The minimum atomic E-state index is -0.184. The molecule has 1 aliphatic rings. The highest BCUT2D eigenvalue weighted by atomic mass is 32.2. The van der Waals surface area contributed by atoms with E-state index in [1.807, 2.05) is 48.5 Å². The van der Waals surface area contributed by atoms with Crippen molar-refractivity contribution < 1.29 is 9.59 Å². The molecular formula is C21H21N7O2S. The minimum Gasteiger partial charge on any atom is -0.325 e. The van der Waals surface area contributed by atoms with E-state index in [0.717, 1.165) is 17.7 Å². The van der Waals surface area contributed by atoms with E-state index in [-0.39, 0.29) is 17.6 Å². The molecule has 4 rings (SSSR count). The van der Waals surface area contributed by atoms with Crippen molar-refractivity contribution in [2.24, 2.45) is 5.10 Å². The second-order valence-electron chi connectivity index (χ2n) is 6.78. The molecule has 1 aromatic heterocycles. The maximum Gasteiger partial charge on any atom is 0.240 e. The Morgan fingerprint density at radius 1 is 1.23 bits per heavy atom. The number of hydrazone groups is 1. The molecule has 2 amide bonds. The molecule has 1 fully saturated rings. The highest BCUT2D eigenvalue weighted by Crippen LogP contribution is 2.24. The Morgan fingerprint density at radius 3 is 2.90 bits per heavy atom. The lowest BCUT2D eigenvalue weighted by Gasteiger charge is -2.16. The normalized spacial score (nSPS) is 13.7. The Bertz CT molecular complexity index is 1080. The van der Waals surface area contributed by atoms with Crippen LogP contribution < -0.4 is 15.6 Å². The van der Waals surface area contributed by atoms with Crippen LogP contribution in [0.5, 0.6) is 0 Å². The van der Waals surface area contributed by atoms with Gasteiger partial charge in [-0.25, -0.2) is 10.5 Å². The van der Waals surface area contributed by atoms with Crippen LogP contribution in [-0.4, -0.2) is 45.5 Å². The predicted octanol–water partition coefficient (Wildman–Crippen LogP) is 3.11. The Kier molecular flexibility index (Phi) is 6.58. The molecule has 0 saturated carbocycles. The van der Waals surface area contributed by atoms with Crippen LogP contribution in [0.25, 0.3) is 0 Å². The van der Waals surface area contributed by atoms with Crippen LogP contribution in [0, 0.1) is 0 Å². The first kappa shape index (κ1) is 20.6. The van der Waals surface area contributed by atoms with E-state index in [1.165, 1.54) is 11.8 Å². The van der Waals surface area contributed by atoms with E-state index >= 15 is 0 Å². The summed E-state index contributed by atoms with van der Waals surface area (Å²) in [7, 11) is 0. The molecule has 0 aliphatic carbocycles. The Morgan fingerprint density at radius 2 is 2.10 bits per heavy atom. The molecule has 10 heteroatoms. The summed E-state index contributed by atoms with van der Waals surface area (Å²) >= 11 is 1.21. The van der Waals surface area contributed by atoms with Crippen molar-refractivity contribution in [3.63, 3.8) is 0 Å². The number of amides is 2. The third kappa shape index (κ3) is 5.70. The molecule has 1 aliphatic heterocycles. The van der Waals surface area contributed by atoms with Crippen molar-refractivity contribution in [1.29, 1.82) is 0 Å². The summed E-state index contributed by atoms with van der Waals surface area (Å²) in [4.78, 5) is 30.2. The molecule has 2 aromatic carbocycles. The van der Waals surface area contributed by atoms with Crippen LogP contribution in [0.3, 0.4) is 0 Å². The van der Waals surface area contributed by atoms with E-state index in [4.69, 9.17) is 0 Å². The Hall–Kier alpha value is -3.66. The average Bonchev–Trinajstić information content (AvgIpc) is 3.42. The third-order valence-corrected chi connectivity index (χ3v) is 5.34. The summed E-state index contributed by atoms with van der Waals surface area (Å²) in [6, 6.07) is 17.0. The van der Waals surface area contributed by atoms with Gasteiger partial charge in [-0.2, -0.15) is 10.1 Å². The molecule has 3 aromatic rings. The molecular weight excluding hydrogens is 414 g/mol. The predicted molar refractivity (Wildman–Crippen MR) is 121 cm³/mol. The Labute approximate surface area is 183 Å². The van der Waals surface area contributed by atoms with Crippen LogP contribution in [0.15, 0.2) is 64.9 Å². The van der Waals surface area contributed by atoms with Crippen LogP contribution in [0.4, 0.5) is 17.3 Å². The smallest absolute Gasteiger partial charge is 0.240 e. The molecule has 2 heterocycles. The van der Waals surface area contributed by atoms with Gasteiger partial charge in [-0.1, -0.05) is 48.2 Å². The topological polar surface area (TPSA) is 115 Å². The van der Waals surface area contributed by atoms with Gasteiger partial charge in [0, 0.05) is 24.3 Å². The number of aromatic amines is 1. The van der Waals surface area contributed by atoms with Gasteiger partial charge in [-0.3, -0.25) is 9.59 Å². The second kappa shape index (κ2) is 9.90. The molecule has 31 heavy (non-hydrogen) atoms. The summed E-state index contributed by atoms with van der Waals surface area (Å²) in [6.07, 6.45) is 3.10. The lowest BCUT2D eigenvalue weighted by molar-refractivity contribution is -0.117. The maximum absolute atomic E-state index is 12.3.